The molecule has 0 aromatic heterocycles. The Balaban J connectivity index is 0.000000129. The molecule has 12 aromatic rings. The van der Waals surface area contributed by atoms with Gasteiger partial charge in [0, 0.05) is 21.5 Å². The van der Waals surface area contributed by atoms with Crippen LogP contribution in [0.2, 0.25) is 0 Å². The maximum Gasteiger partial charge on any atom is 0.195 e. The number of benzene rings is 12. The van der Waals surface area contributed by atoms with Crippen molar-refractivity contribution >= 4 is 86.2 Å². The van der Waals surface area contributed by atoms with Crippen LogP contribution in [-0.4, -0.2) is 0 Å². The predicted octanol–water partition coefficient (Wildman–Crippen LogP) is 21.6. The Kier molecular flexibility index (Phi) is 17.0. The van der Waals surface area contributed by atoms with Crippen molar-refractivity contribution in [3.8, 4) is 0 Å². The molecule has 408 valence electrons. The van der Waals surface area contributed by atoms with Crippen molar-refractivity contribution in [3.05, 3.63) is 238 Å². The van der Waals surface area contributed by atoms with Gasteiger partial charge in [-0.2, -0.15) is 0 Å². The van der Waals surface area contributed by atoms with E-state index in [9.17, 15) is 52.7 Å². The van der Waals surface area contributed by atoms with Crippen LogP contribution in [0, 0.1) is 76.7 Å². The first-order valence-corrected chi connectivity index (χ1v) is 26.3. The zero-order valence-electron chi connectivity index (χ0n) is 44.0. The van der Waals surface area contributed by atoms with Gasteiger partial charge in [0.05, 0.1) is 0 Å². The van der Waals surface area contributed by atoms with Crippen molar-refractivity contribution in [1.29, 1.82) is 0 Å². The Hall–Kier alpha value is -8.12. The number of aryl methyl sites for hydroxylation is 4. The SMILES string of the molecule is CCCCCc1ccc2cc3c(F)c(F)c(F)cc3cc2c1.CCCCc1ccc2cc3c(F)c(F)c(F)cc3cc2c1.CCc1ccc2cc3c(F)c(F)c(F)cc3cc2c1.Cc1ccc2cc3c(F)c(F)c(F)cc3cc2c1. The molecule has 0 bridgehead atoms. The van der Waals surface area contributed by atoms with Crippen LogP contribution in [-0.2, 0) is 19.3 Å². The van der Waals surface area contributed by atoms with E-state index in [-0.39, 0.29) is 21.5 Å². The third-order valence-electron chi connectivity index (χ3n) is 14.4. The highest BCUT2D eigenvalue weighted by molar-refractivity contribution is 6.02. The van der Waals surface area contributed by atoms with Crippen LogP contribution < -0.4 is 0 Å². The fraction of sp³-hybridized carbons (Fsp3) is 0.176. The molecule has 0 fully saturated rings. The quantitative estimate of drug-likeness (QED) is 0.0616. The smallest absolute Gasteiger partial charge is 0.195 e. The van der Waals surface area contributed by atoms with Gasteiger partial charge >= 0.3 is 0 Å². The summed E-state index contributed by atoms with van der Waals surface area (Å²) >= 11 is 0. The van der Waals surface area contributed by atoms with Crippen LogP contribution in [0.25, 0.3) is 86.2 Å². The lowest BCUT2D eigenvalue weighted by molar-refractivity contribution is 0.453. The molecule has 0 radical (unpaired) electrons. The largest absolute Gasteiger partial charge is 0.204 e. The summed E-state index contributed by atoms with van der Waals surface area (Å²) in [4.78, 5) is 0. The van der Waals surface area contributed by atoms with E-state index in [2.05, 4.69) is 13.8 Å². The molecule has 0 atom stereocenters. The summed E-state index contributed by atoms with van der Waals surface area (Å²) < 4.78 is 161. The summed E-state index contributed by atoms with van der Waals surface area (Å²) in [6.45, 7) is 8.27. The standard InChI is InChI=1S/C19H17F3.C18H15F3.C16H11F3.C15H9F3/c1-2-3-4-5-12-6-7-13-10-16-15(9-14(13)8-12)11-17(20)19(22)18(16)21;1-2-3-4-11-5-6-12-9-15-14(8-13(12)7-11)10-16(19)18(21)17(15)20;1-2-9-3-4-10-7-13-12(6-11(10)5-9)8-14(17)16(19)15(13)18;1-8-2-3-9-6-12-11(5-10(9)4-8)7-13(16)15(18)14(12)17/h6-11H,2-5H2,1H3;5-10H,2-4H2,1H3;3-8H,2H2,1H3;2-7H,1H3. The Morgan fingerprint density at radius 1 is 0.250 bits per heavy atom. The third kappa shape index (κ3) is 11.9. The predicted molar refractivity (Wildman–Crippen MR) is 301 cm³/mol. The molecule has 12 aromatic carbocycles. The van der Waals surface area contributed by atoms with Crippen molar-refractivity contribution in [1.82, 2.24) is 0 Å². The normalized spacial score (nSPS) is 11.4. The lowest BCUT2D eigenvalue weighted by atomic mass is 9.99. The summed E-state index contributed by atoms with van der Waals surface area (Å²) in [6, 6.07) is 40.6. The van der Waals surface area contributed by atoms with E-state index in [0.29, 0.717) is 21.5 Å². The van der Waals surface area contributed by atoms with Gasteiger partial charge in [0.25, 0.3) is 0 Å². The molecule has 0 amide bonds. The van der Waals surface area contributed by atoms with E-state index in [1.54, 1.807) is 48.5 Å². The van der Waals surface area contributed by atoms with Gasteiger partial charge in [0.15, 0.2) is 69.8 Å². The third-order valence-corrected chi connectivity index (χ3v) is 14.4. The van der Waals surface area contributed by atoms with Gasteiger partial charge in [0.2, 0.25) is 0 Å². The van der Waals surface area contributed by atoms with Crippen molar-refractivity contribution in [2.24, 2.45) is 0 Å². The first-order chi connectivity index (χ1) is 38.3. The second kappa shape index (κ2) is 24.1. The van der Waals surface area contributed by atoms with Crippen LogP contribution in [0.15, 0.2) is 146 Å². The van der Waals surface area contributed by atoms with Gasteiger partial charge in [0.1, 0.15) is 0 Å². The molecule has 80 heavy (non-hydrogen) atoms. The van der Waals surface area contributed by atoms with Crippen molar-refractivity contribution in [2.75, 3.05) is 0 Å². The molecule has 0 heterocycles. The summed E-state index contributed by atoms with van der Waals surface area (Å²) in [6.07, 6.45) is 8.57. The van der Waals surface area contributed by atoms with Crippen LogP contribution >= 0.6 is 0 Å². The lowest BCUT2D eigenvalue weighted by Gasteiger charge is -2.07. The molecule has 0 nitrogen and oxygen atoms in total. The number of hydrogen-bond donors (Lipinski definition) is 0. The zero-order valence-corrected chi connectivity index (χ0v) is 44.0. The summed E-state index contributed by atoms with van der Waals surface area (Å²) in [5, 5.41) is 8.84. The van der Waals surface area contributed by atoms with Gasteiger partial charge in [-0.3, -0.25) is 0 Å². The molecule has 0 aliphatic heterocycles. The van der Waals surface area contributed by atoms with Crippen LogP contribution in [0.1, 0.15) is 75.1 Å². The average molecular weight is 1100 g/mol. The van der Waals surface area contributed by atoms with Gasteiger partial charge in [-0.1, -0.05) is 118 Å². The van der Waals surface area contributed by atoms with E-state index < -0.39 is 69.8 Å². The molecule has 0 N–H and O–H groups in total. The number of fused-ring (bicyclic) bond motifs is 8. The molecule has 0 saturated carbocycles. The molecule has 0 saturated heterocycles. The first-order valence-electron chi connectivity index (χ1n) is 26.3. The lowest BCUT2D eigenvalue weighted by Crippen LogP contribution is -1.93. The van der Waals surface area contributed by atoms with Gasteiger partial charge < -0.3 is 0 Å². The zero-order chi connectivity index (χ0) is 57.1. The van der Waals surface area contributed by atoms with E-state index in [1.807, 2.05) is 86.6 Å². The Labute approximate surface area is 453 Å². The van der Waals surface area contributed by atoms with E-state index >= 15 is 0 Å². The molecule has 0 aliphatic rings. The summed E-state index contributed by atoms with van der Waals surface area (Å²) in [7, 11) is 0. The maximum absolute atomic E-state index is 13.9. The van der Waals surface area contributed by atoms with Crippen LogP contribution in [0.5, 0.6) is 0 Å². The number of unbranched alkanes of at least 4 members (excludes halogenated alkanes) is 3. The topological polar surface area (TPSA) is 0 Å². The van der Waals surface area contributed by atoms with Crippen molar-refractivity contribution in [3.63, 3.8) is 0 Å². The molecular formula is C68H52F12. The molecule has 0 spiro atoms. The molecule has 0 unspecified atom stereocenters. The van der Waals surface area contributed by atoms with Gasteiger partial charge in [-0.25, -0.2) is 52.7 Å². The summed E-state index contributed by atoms with van der Waals surface area (Å²) in [5.74, 6) is -14.8. The molecule has 12 heteroatoms. The maximum atomic E-state index is 13.9. The summed E-state index contributed by atoms with van der Waals surface area (Å²) in [5.41, 5.74) is 4.62. The minimum Gasteiger partial charge on any atom is -0.204 e. The number of rotatable bonds is 8. The Morgan fingerprint density at radius 2 is 0.550 bits per heavy atom. The van der Waals surface area contributed by atoms with E-state index in [0.717, 1.165) is 117 Å². The fourth-order valence-corrected chi connectivity index (χ4v) is 9.95. The molecule has 12 rings (SSSR count). The minimum atomic E-state index is -1.42. The fourth-order valence-electron chi connectivity index (χ4n) is 9.95. The van der Waals surface area contributed by atoms with Crippen LogP contribution in [0.3, 0.4) is 0 Å². The van der Waals surface area contributed by atoms with Crippen LogP contribution in [0.4, 0.5) is 52.7 Å². The molecular weight excluding hydrogens is 1040 g/mol. The highest BCUT2D eigenvalue weighted by Gasteiger charge is 2.18. The van der Waals surface area contributed by atoms with Crippen molar-refractivity contribution in [2.45, 2.75) is 79.1 Å². The van der Waals surface area contributed by atoms with E-state index in [1.165, 1.54) is 24.0 Å². The second-order valence-electron chi connectivity index (χ2n) is 20.0. The Bertz CT molecular complexity index is 4340. The van der Waals surface area contributed by atoms with Gasteiger partial charge in [-0.05, 0) is 193 Å². The monoisotopic (exact) mass is 1100 g/mol. The highest BCUT2D eigenvalue weighted by atomic mass is 19.2. The second-order valence-corrected chi connectivity index (χ2v) is 20.0. The average Bonchev–Trinajstić information content (AvgIpc) is 3.52. The first kappa shape index (κ1) is 56.6. The van der Waals surface area contributed by atoms with Gasteiger partial charge in [-0.15, -0.1) is 0 Å². The highest BCUT2D eigenvalue weighted by Crippen LogP contribution is 2.33. The molecule has 0 aliphatic carbocycles. The van der Waals surface area contributed by atoms with E-state index in [4.69, 9.17) is 0 Å². The number of halogens is 12. The number of hydrogen-bond acceptors (Lipinski definition) is 0. The minimum absolute atomic E-state index is 0.102. The van der Waals surface area contributed by atoms with Crippen molar-refractivity contribution < 1.29 is 52.7 Å². The Morgan fingerprint density at radius 3 is 0.887 bits per heavy atom.